The van der Waals surface area contributed by atoms with Crippen LogP contribution in [-0.4, -0.2) is 17.4 Å². The first kappa shape index (κ1) is 16.8. The highest BCUT2D eigenvalue weighted by Gasteiger charge is 2.29. The fourth-order valence-corrected chi connectivity index (χ4v) is 2.13. The predicted octanol–water partition coefficient (Wildman–Crippen LogP) is 3.05. The molecule has 0 saturated heterocycles. The van der Waals surface area contributed by atoms with Crippen LogP contribution in [0.15, 0.2) is 46.9 Å². The van der Waals surface area contributed by atoms with Crippen LogP contribution in [0.2, 0.25) is 0 Å². The summed E-state index contributed by atoms with van der Waals surface area (Å²) in [5, 5.41) is 5.55. The third-order valence-corrected chi connectivity index (χ3v) is 3.45. The Labute approximate surface area is 136 Å². The first-order valence-corrected chi connectivity index (χ1v) is 7.59. The molecule has 2 aromatic rings. The number of benzene rings is 1. The zero-order valence-electron chi connectivity index (χ0n) is 13.7. The van der Waals surface area contributed by atoms with Gasteiger partial charge in [-0.05, 0) is 45.0 Å². The lowest BCUT2D eigenvalue weighted by atomic mass is 10.0. The summed E-state index contributed by atoms with van der Waals surface area (Å²) in [4.78, 5) is 24.4. The molecule has 1 aromatic heterocycles. The Morgan fingerprint density at radius 2 is 1.78 bits per heavy atom. The largest absolute Gasteiger partial charge is 0.466 e. The summed E-state index contributed by atoms with van der Waals surface area (Å²) in [6.07, 6.45) is 0.783. The molecular formula is C18H22N2O3. The summed E-state index contributed by atoms with van der Waals surface area (Å²) in [6, 6.07) is 12.9. The maximum atomic E-state index is 12.3. The lowest BCUT2D eigenvalue weighted by Crippen LogP contribution is -2.52. The van der Waals surface area contributed by atoms with Crippen molar-refractivity contribution < 1.29 is 14.0 Å². The van der Waals surface area contributed by atoms with Crippen molar-refractivity contribution in [3.8, 4) is 0 Å². The SMILES string of the molecule is Cc1ccc(CCC(=O)NC(C)(C)C(=O)Nc2ccccc2)o1. The Kier molecular flexibility index (Phi) is 5.21. The van der Waals surface area contributed by atoms with E-state index in [1.54, 1.807) is 26.0 Å². The lowest BCUT2D eigenvalue weighted by molar-refractivity contribution is -0.129. The number of rotatable bonds is 6. The third kappa shape index (κ3) is 4.98. The number of furan rings is 1. The fourth-order valence-electron chi connectivity index (χ4n) is 2.13. The summed E-state index contributed by atoms with van der Waals surface area (Å²) in [5.74, 6) is 1.14. The Balaban J connectivity index is 1.86. The van der Waals surface area contributed by atoms with E-state index in [0.717, 1.165) is 11.5 Å². The highest BCUT2D eigenvalue weighted by Crippen LogP contribution is 2.12. The molecule has 0 fully saturated rings. The number of hydrogen-bond acceptors (Lipinski definition) is 3. The second-order valence-electron chi connectivity index (χ2n) is 6.01. The van der Waals surface area contributed by atoms with Gasteiger partial charge in [0.05, 0.1) is 0 Å². The second kappa shape index (κ2) is 7.13. The van der Waals surface area contributed by atoms with Crippen molar-refractivity contribution in [2.45, 2.75) is 39.2 Å². The van der Waals surface area contributed by atoms with Crippen LogP contribution in [0.25, 0.3) is 0 Å². The van der Waals surface area contributed by atoms with Crippen LogP contribution in [0.1, 0.15) is 31.8 Å². The summed E-state index contributed by atoms with van der Waals surface area (Å²) < 4.78 is 5.43. The quantitative estimate of drug-likeness (QED) is 0.861. The van der Waals surface area contributed by atoms with Crippen LogP contribution >= 0.6 is 0 Å². The van der Waals surface area contributed by atoms with Gasteiger partial charge >= 0.3 is 0 Å². The molecule has 23 heavy (non-hydrogen) atoms. The van der Waals surface area contributed by atoms with E-state index in [2.05, 4.69) is 10.6 Å². The smallest absolute Gasteiger partial charge is 0.249 e. The van der Waals surface area contributed by atoms with Gasteiger partial charge in [0.1, 0.15) is 17.1 Å². The molecule has 1 heterocycles. The third-order valence-electron chi connectivity index (χ3n) is 3.45. The predicted molar refractivity (Wildman–Crippen MR) is 89.1 cm³/mol. The van der Waals surface area contributed by atoms with Crippen molar-refractivity contribution in [2.24, 2.45) is 0 Å². The van der Waals surface area contributed by atoms with Gasteiger partial charge in [0.2, 0.25) is 11.8 Å². The van der Waals surface area contributed by atoms with E-state index < -0.39 is 5.54 Å². The average Bonchev–Trinajstić information content (AvgIpc) is 2.91. The maximum Gasteiger partial charge on any atom is 0.249 e. The van der Waals surface area contributed by atoms with Crippen molar-refractivity contribution in [2.75, 3.05) is 5.32 Å². The minimum absolute atomic E-state index is 0.188. The molecule has 0 atom stereocenters. The van der Waals surface area contributed by atoms with Crippen molar-refractivity contribution in [1.82, 2.24) is 5.32 Å². The van der Waals surface area contributed by atoms with Crippen molar-refractivity contribution in [3.05, 3.63) is 54.0 Å². The molecule has 0 aliphatic rings. The molecule has 0 spiro atoms. The highest BCUT2D eigenvalue weighted by molar-refractivity contribution is 5.99. The number of anilines is 1. The number of aryl methyl sites for hydroxylation is 2. The molecule has 2 N–H and O–H groups in total. The van der Waals surface area contributed by atoms with Crippen molar-refractivity contribution in [3.63, 3.8) is 0 Å². The van der Waals surface area contributed by atoms with Crippen LogP contribution in [0.3, 0.4) is 0 Å². The number of amides is 2. The molecule has 0 saturated carbocycles. The summed E-state index contributed by atoms with van der Waals surface area (Å²) in [5.41, 5.74) is -0.294. The normalized spacial score (nSPS) is 11.1. The molecule has 1 aromatic carbocycles. The van der Waals surface area contributed by atoms with Crippen LogP contribution in [0.4, 0.5) is 5.69 Å². The number of nitrogens with one attached hydrogen (secondary N) is 2. The van der Waals surface area contributed by atoms with Gasteiger partial charge in [0, 0.05) is 18.5 Å². The number of carbonyl (C=O) groups is 2. The standard InChI is InChI=1S/C18H22N2O3/c1-13-9-10-15(23-13)11-12-16(21)20-18(2,3)17(22)19-14-7-5-4-6-8-14/h4-10H,11-12H2,1-3H3,(H,19,22)(H,20,21). The zero-order valence-corrected chi connectivity index (χ0v) is 13.7. The summed E-state index contributed by atoms with van der Waals surface area (Å²) >= 11 is 0. The molecule has 0 bridgehead atoms. The minimum Gasteiger partial charge on any atom is -0.466 e. The molecule has 5 nitrogen and oxygen atoms in total. The van der Waals surface area contributed by atoms with E-state index in [-0.39, 0.29) is 18.2 Å². The monoisotopic (exact) mass is 314 g/mol. The number of hydrogen-bond donors (Lipinski definition) is 2. The van der Waals surface area contributed by atoms with Crippen LogP contribution in [0, 0.1) is 6.92 Å². The first-order chi connectivity index (χ1) is 10.9. The number of carbonyl (C=O) groups excluding carboxylic acids is 2. The summed E-state index contributed by atoms with van der Waals surface area (Å²) in [7, 11) is 0. The first-order valence-electron chi connectivity index (χ1n) is 7.59. The molecule has 2 amide bonds. The Morgan fingerprint density at radius 3 is 2.39 bits per heavy atom. The summed E-state index contributed by atoms with van der Waals surface area (Å²) in [6.45, 7) is 5.22. The van der Waals surface area contributed by atoms with Gasteiger partial charge in [-0.3, -0.25) is 9.59 Å². The highest BCUT2D eigenvalue weighted by atomic mass is 16.3. The molecule has 0 aliphatic carbocycles. The fraction of sp³-hybridized carbons (Fsp3) is 0.333. The van der Waals surface area contributed by atoms with Crippen LogP contribution in [0.5, 0.6) is 0 Å². The van der Waals surface area contributed by atoms with Gasteiger partial charge in [0.25, 0.3) is 0 Å². The van der Waals surface area contributed by atoms with E-state index in [4.69, 9.17) is 4.42 Å². The van der Waals surface area contributed by atoms with Gasteiger partial charge in [-0.1, -0.05) is 18.2 Å². The Bertz CT molecular complexity index is 675. The van der Waals surface area contributed by atoms with Gasteiger partial charge in [-0.25, -0.2) is 0 Å². The number of para-hydroxylation sites is 1. The van der Waals surface area contributed by atoms with E-state index in [9.17, 15) is 9.59 Å². The lowest BCUT2D eigenvalue weighted by Gasteiger charge is -2.25. The van der Waals surface area contributed by atoms with E-state index in [1.165, 1.54) is 0 Å². The molecule has 0 unspecified atom stereocenters. The molecule has 122 valence electrons. The van der Waals surface area contributed by atoms with Gasteiger partial charge in [0.15, 0.2) is 0 Å². The van der Waals surface area contributed by atoms with Gasteiger partial charge < -0.3 is 15.1 Å². The van der Waals surface area contributed by atoms with Gasteiger partial charge in [-0.15, -0.1) is 0 Å². The van der Waals surface area contributed by atoms with Crippen molar-refractivity contribution >= 4 is 17.5 Å². The minimum atomic E-state index is -0.994. The Hall–Kier alpha value is -2.56. The maximum absolute atomic E-state index is 12.3. The average molecular weight is 314 g/mol. The molecule has 0 radical (unpaired) electrons. The molecule has 5 heteroatoms. The topological polar surface area (TPSA) is 71.3 Å². The Morgan fingerprint density at radius 1 is 1.09 bits per heavy atom. The molecule has 0 aliphatic heterocycles. The van der Waals surface area contributed by atoms with Crippen LogP contribution < -0.4 is 10.6 Å². The molecule has 2 rings (SSSR count). The van der Waals surface area contributed by atoms with E-state index in [0.29, 0.717) is 12.1 Å². The second-order valence-corrected chi connectivity index (χ2v) is 6.01. The van der Waals surface area contributed by atoms with Gasteiger partial charge in [-0.2, -0.15) is 0 Å². The van der Waals surface area contributed by atoms with E-state index in [1.807, 2.05) is 37.3 Å². The van der Waals surface area contributed by atoms with Crippen molar-refractivity contribution in [1.29, 1.82) is 0 Å². The molecular weight excluding hydrogens is 292 g/mol. The van der Waals surface area contributed by atoms with E-state index >= 15 is 0 Å². The zero-order chi connectivity index (χ0) is 16.9. The van der Waals surface area contributed by atoms with Crippen LogP contribution in [-0.2, 0) is 16.0 Å².